The van der Waals surface area contributed by atoms with Gasteiger partial charge in [-0.05, 0) is 42.8 Å². The fraction of sp³-hybridized carbons (Fsp3) is 0.100. The minimum atomic E-state index is -0.507. The van der Waals surface area contributed by atoms with E-state index in [1.165, 1.54) is 13.2 Å². The number of nitrogens with one attached hydrogen (secondary N) is 1. The van der Waals surface area contributed by atoms with Crippen LogP contribution in [0, 0.1) is 6.92 Å². The molecule has 1 aromatic heterocycles. The second-order valence-corrected chi connectivity index (χ2v) is 5.55. The van der Waals surface area contributed by atoms with Crippen molar-refractivity contribution in [3.8, 4) is 0 Å². The van der Waals surface area contributed by atoms with Crippen LogP contribution in [0.3, 0.4) is 0 Å². The molecular weight excluding hydrogens is 318 g/mol. The summed E-state index contributed by atoms with van der Waals surface area (Å²) in [5.74, 6) is -0.294. The average molecular weight is 335 g/mol. The van der Waals surface area contributed by atoms with Crippen molar-refractivity contribution in [2.24, 2.45) is 0 Å². The molecule has 5 heteroatoms. The molecule has 0 aliphatic carbocycles. The Labute approximate surface area is 144 Å². The maximum Gasteiger partial charge on any atom is 0.339 e. The van der Waals surface area contributed by atoms with Crippen LogP contribution in [0.1, 0.15) is 21.7 Å². The number of hydrogen-bond donors (Lipinski definition) is 1. The number of benzene rings is 2. The number of ether oxygens (including phenoxy) is 1. The summed E-state index contributed by atoms with van der Waals surface area (Å²) in [4.78, 5) is 23.8. The largest absolute Gasteiger partial charge is 0.465 e. The summed E-state index contributed by atoms with van der Waals surface area (Å²) in [6.45, 7) is 1.99. The number of rotatable bonds is 4. The van der Waals surface area contributed by atoms with E-state index in [0.717, 1.165) is 16.5 Å². The van der Waals surface area contributed by atoms with E-state index in [1.807, 2.05) is 31.2 Å². The van der Waals surface area contributed by atoms with Crippen LogP contribution in [0.2, 0.25) is 0 Å². The van der Waals surface area contributed by atoms with Crippen LogP contribution in [-0.2, 0) is 9.53 Å². The number of carbonyl (C=O) groups is 2. The number of fused-ring (bicyclic) bond motifs is 1. The smallest absolute Gasteiger partial charge is 0.339 e. The highest BCUT2D eigenvalue weighted by molar-refractivity contribution is 6.06. The molecule has 1 heterocycles. The Kier molecular flexibility index (Phi) is 4.66. The lowest BCUT2D eigenvalue weighted by atomic mass is 10.2. The van der Waals surface area contributed by atoms with Crippen LogP contribution in [0.5, 0.6) is 0 Å². The maximum atomic E-state index is 12.1. The second kappa shape index (κ2) is 7.05. The normalized spacial score (nSPS) is 11.0. The molecular formula is C20H17NO4. The van der Waals surface area contributed by atoms with Gasteiger partial charge in [0.2, 0.25) is 5.91 Å². The average Bonchev–Trinajstić information content (AvgIpc) is 3.02. The minimum Gasteiger partial charge on any atom is -0.465 e. The van der Waals surface area contributed by atoms with Gasteiger partial charge in [-0.2, -0.15) is 0 Å². The van der Waals surface area contributed by atoms with E-state index in [1.54, 1.807) is 30.3 Å². The van der Waals surface area contributed by atoms with E-state index in [2.05, 4.69) is 5.32 Å². The van der Waals surface area contributed by atoms with Gasteiger partial charge in [-0.15, -0.1) is 0 Å². The monoisotopic (exact) mass is 335 g/mol. The van der Waals surface area contributed by atoms with E-state index in [0.29, 0.717) is 17.0 Å². The molecule has 0 saturated carbocycles. The third-order valence-corrected chi connectivity index (χ3v) is 3.68. The standard InChI is InChI=1S/C20H17NO4/c1-13-7-8-14-12-15(25-18(14)11-13)9-10-19(22)21-17-6-4-3-5-16(17)20(23)24-2/h3-12H,1-2H3,(H,21,22). The van der Waals surface area contributed by atoms with Crippen molar-refractivity contribution < 1.29 is 18.7 Å². The van der Waals surface area contributed by atoms with E-state index in [4.69, 9.17) is 9.15 Å². The topological polar surface area (TPSA) is 68.5 Å². The predicted molar refractivity (Wildman–Crippen MR) is 96.4 cm³/mol. The fourth-order valence-electron chi connectivity index (χ4n) is 2.45. The third kappa shape index (κ3) is 3.77. The lowest BCUT2D eigenvalue weighted by Gasteiger charge is -2.07. The minimum absolute atomic E-state index is 0.297. The molecule has 25 heavy (non-hydrogen) atoms. The van der Waals surface area contributed by atoms with E-state index < -0.39 is 5.97 Å². The van der Waals surface area contributed by atoms with Gasteiger partial charge in [0.15, 0.2) is 0 Å². The Morgan fingerprint density at radius 1 is 1.12 bits per heavy atom. The van der Waals surface area contributed by atoms with Gasteiger partial charge in [-0.1, -0.05) is 24.3 Å². The highest BCUT2D eigenvalue weighted by atomic mass is 16.5. The Hall–Kier alpha value is -3.34. The second-order valence-electron chi connectivity index (χ2n) is 5.55. The number of hydrogen-bond acceptors (Lipinski definition) is 4. The molecule has 5 nitrogen and oxygen atoms in total. The SMILES string of the molecule is COC(=O)c1ccccc1NC(=O)C=Cc1cc2ccc(C)cc2o1. The highest BCUT2D eigenvalue weighted by Crippen LogP contribution is 2.21. The molecule has 3 aromatic rings. The third-order valence-electron chi connectivity index (χ3n) is 3.68. The van der Waals surface area contributed by atoms with Crippen molar-refractivity contribution in [1.82, 2.24) is 0 Å². The molecule has 0 atom stereocenters. The summed E-state index contributed by atoms with van der Waals surface area (Å²) in [6.07, 6.45) is 2.95. The molecule has 1 N–H and O–H groups in total. The summed E-state index contributed by atoms with van der Waals surface area (Å²) in [6, 6.07) is 14.4. The molecule has 0 unspecified atom stereocenters. The summed E-state index contributed by atoms with van der Waals surface area (Å²) < 4.78 is 10.4. The number of anilines is 1. The molecule has 126 valence electrons. The number of para-hydroxylation sites is 1. The Morgan fingerprint density at radius 3 is 2.72 bits per heavy atom. The lowest BCUT2D eigenvalue weighted by Crippen LogP contribution is -2.12. The summed E-state index contributed by atoms with van der Waals surface area (Å²) in [5, 5.41) is 3.64. The highest BCUT2D eigenvalue weighted by Gasteiger charge is 2.12. The number of aryl methyl sites for hydroxylation is 1. The van der Waals surface area contributed by atoms with Gasteiger partial charge in [0.05, 0.1) is 18.4 Å². The van der Waals surface area contributed by atoms with E-state index in [-0.39, 0.29) is 5.91 Å². The molecule has 0 saturated heterocycles. The van der Waals surface area contributed by atoms with Crippen molar-refractivity contribution in [2.75, 3.05) is 12.4 Å². The summed E-state index contributed by atoms with van der Waals surface area (Å²) >= 11 is 0. The van der Waals surface area contributed by atoms with Gasteiger partial charge in [0.1, 0.15) is 11.3 Å². The maximum absolute atomic E-state index is 12.1. The first-order valence-electron chi connectivity index (χ1n) is 7.73. The van der Waals surface area contributed by atoms with Crippen LogP contribution in [0.25, 0.3) is 17.0 Å². The molecule has 0 spiro atoms. The first kappa shape index (κ1) is 16.5. The number of furan rings is 1. The van der Waals surface area contributed by atoms with Crippen molar-refractivity contribution in [3.05, 3.63) is 71.5 Å². The molecule has 0 aliphatic heterocycles. The molecule has 3 rings (SSSR count). The zero-order chi connectivity index (χ0) is 17.8. The molecule has 0 radical (unpaired) electrons. The van der Waals surface area contributed by atoms with E-state index in [9.17, 15) is 9.59 Å². The summed E-state index contributed by atoms with van der Waals surface area (Å²) in [7, 11) is 1.30. The van der Waals surface area contributed by atoms with Gasteiger partial charge in [-0.3, -0.25) is 4.79 Å². The number of amides is 1. The zero-order valence-corrected chi connectivity index (χ0v) is 13.9. The zero-order valence-electron chi connectivity index (χ0n) is 13.9. The summed E-state index contributed by atoms with van der Waals surface area (Å²) in [5.41, 5.74) is 2.57. The molecule has 1 amide bonds. The molecule has 0 bridgehead atoms. The van der Waals surface area contributed by atoms with E-state index >= 15 is 0 Å². The van der Waals surface area contributed by atoms with Gasteiger partial charge >= 0.3 is 5.97 Å². The fourth-order valence-corrected chi connectivity index (χ4v) is 2.45. The first-order valence-corrected chi connectivity index (χ1v) is 7.73. The number of esters is 1. The van der Waals surface area contributed by atoms with Gasteiger partial charge < -0.3 is 14.5 Å². The van der Waals surface area contributed by atoms with Crippen molar-refractivity contribution in [3.63, 3.8) is 0 Å². The first-order chi connectivity index (χ1) is 12.1. The number of methoxy groups -OCH3 is 1. The molecule has 2 aromatic carbocycles. The van der Waals surface area contributed by atoms with Gasteiger partial charge in [0, 0.05) is 11.5 Å². The quantitative estimate of drug-likeness (QED) is 0.574. The molecule has 0 aliphatic rings. The Balaban J connectivity index is 1.76. The van der Waals surface area contributed by atoms with Crippen molar-refractivity contribution in [1.29, 1.82) is 0 Å². The van der Waals surface area contributed by atoms with Crippen molar-refractivity contribution >= 4 is 34.6 Å². The van der Waals surface area contributed by atoms with Crippen LogP contribution < -0.4 is 5.32 Å². The van der Waals surface area contributed by atoms with Crippen LogP contribution in [0.4, 0.5) is 5.69 Å². The van der Waals surface area contributed by atoms with Gasteiger partial charge in [-0.25, -0.2) is 4.79 Å². The lowest BCUT2D eigenvalue weighted by molar-refractivity contribution is -0.111. The van der Waals surface area contributed by atoms with Crippen LogP contribution in [-0.4, -0.2) is 19.0 Å². The van der Waals surface area contributed by atoms with Crippen molar-refractivity contribution in [2.45, 2.75) is 6.92 Å². The molecule has 0 fully saturated rings. The Morgan fingerprint density at radius 2 is 1.92 bits per heavy atom. The predicted octanol–water partition coefficient (Wildman–Crippen LogP) is 4.18. The van der Waals surface area contributed by atoms with Crippen LogP contribution >= 0.6 is 0 Å². The number of carbonyl (C=O) groups excluding carboxylic acids is 2. The van der Waals surface area contributed by atoms with Crippen LogP contribution in [0.15, 0.2) is 59.0 Å². The van der Waals surface area contributed by atoms with Gasteiger partial charge in [0.25, 0.3) is 0 Å². The Bertz CT molecular complexity index is 969.